The Balaban J connectivity index is 2.76. The molecule has 0 spiro atoms. The van der Waals surface area contributed by atoms with Crippen LogP contribution in [0.4, 0.5) is 17.6 Å². The Morgan fingerprint density at radius 1 is 1.21 bits per heavy atom. The van der Waals surface area contributed by atoms with Crippen molar-refractivity contribution in [1.29, 1.82) is 0 Å². The van der Waals surface area contributed by atoms with Crippen LogP contribution in [0.5, 0.6) is 0 Å². The van der Waals surface area contributed by atoms with Gasteiger partial charge in [-0.2, -0.15) is 8.78 Å². The lowest BCUT2D eigenvalue weighted by Gasteiger charge is -2.22. The van der Waals surface area contributed by atoms with Gasteiger partial charge >= 0.3 is 12.3 Å². The van der Waals surface area contributed by atoms with Gasteiger partial charge in [0.1, 0.15) is 0 Å². The van der Waals surface area contributed by atoms with E-state index in [4.69, 9.17) is 23.2 Å². The number of halogens is 6. The van der Waals surface area contributed by atoms with Gasteiger partial charge in [0.2, 0.25) is 0 Å². The summed E-state index contributed by atoms with van der Waals surface area (Å²) in [6, 6.07) is 4.20. The van der Waals surface area contributed by atoms with Crippen molar-refractivity contribution in [2.24, 2.45) is 0 Å². The number of alkyl halides is 4. The molecule has 0 saturated heterocycles. The fourth-order valence-corrected chi connectivity index (χ4v) is 1.87. The Kier molecular flexibility index (Phi) is 5.89. The average Bonchev–Trinajstić information content (AvgIpc) is 2.34. The summed E-state index contributed by atoms with van der Waals surface area (Å²) >= 11 is 11.6. The van der Waals surface area contributed by atoms with Crippen LogP contribution < -0.4 is 5.32 Å². The lowest BCUT2D eigenvalue weighted by Crippen LogP contribution is -2.40. The topological polar surface area (TPSA) is 12.0 Å². The molecule has 0 fully saturated rings. The van der Waals surface area contributed by atoms with Crippen LogP contribution >= 0.6 is 23.2 Å². The van der Waals surface area contributed by atoms with E-state index >= 15 is 0 Å². The van der Waals surface area contributed by atoms with Gasteiger partial charge < -0.3 is 5.32 Å². The number of benzene rings is 1. The molecule has 0 aromatic heterocycles. The van der Waals surface area contributed by atoms with Gasteiger partial charge in [-0.15, -0.1) is 0 Å². The highest BCUT2D eigenvalue weighted by Crippen LogP contribution is 2.28. The van der Waals surface area contributed by atoms with E-state index in [1.54, 1.807) is 13.0 Å². The minimum absolute atomic E-state index is 0.292. The fraction of sp³-hybridized carbons (Fsp3) is 0.500. The van der Waals surface area contributed by atoms with E-state index in [9.17, 15) is 17.6 Å². The van der Waals surface area contributed by atoms with Crippen LogP contribution in [0.3, 0.4) is 0 Å². The Hall–Kier alpha value is -0.520. The summed E-state index contributed by atoms with van der Waals surface area (Å²) in [5.41, 5.74) is 0.627. The zero-order chi connectivity index (χ0) is 14.6. The van der Waals surface area contributed by atoms with Crippen molar-refractivity contribution in [1.82, 2.24) is 5.32 Å². The minimum atomic E-state index is -4.05. The number of hydrogen-bond donors (Lipinski definition) is 1. The first-order valence-corrected chi connectivity index (χ1v) is 6.37. The van der Waals surface area contributed by atoms with E-state index in [2.05, 4.69) is 5.32 Å². The Morgan fingerprint density at radius 2 is 1.84 bits per heavy atom. The summed E-state index contributed by atoms with van der Waals surface area (Å²) in [6.45, 7) is 0.657. The van der Waals surface area contributed by atoms with E-state index in [0.29, 0.717) is 22.0 Å². The number of rotatable bonds is 6. The molecule has 1 unspecified atom stereocenters. The van der Waals surface area contributed by atoms with Crippen molar-refractivity contribution in [3.8, 4) is 0 Å². The van der Waals surface area contributed by atoms with Crippen molar-refractivity contribution in [2.75, 3.05) is 6.54 Å². The average molecular weight is 318 g/mol. The zero-order valence-electron chi connectivity index (χ0n) is 10.1. The number of nitrogens with one attached hydrogen (secondary N) is 1. The lowest BCUT2D eigenvalue weighted by atomic mass is 10.0. The van der Waals surface area contributed by atoms with Gasteiger partial charge in [-0.05, 0) is 24.1 Å². The molecule has 0 saturated carbocycles. The highest BCUT2D eigenvalue weighted by molar-refractivity contribution is 6.42. The second-order valence-electron chi connectivity index (χ2n) is 4.08. The van der Waals surface area contributed by atoms with Gasteiger partial charge in [-0.25, -0.2) is 8.78 Å². The van der Waals surface area contributed by atoms with Crippen molar-refractivity contribution in [3.05, 3.63) is 33.8 Å². The van der Waals surface area contributed by atoms with Gasteiger partial charge in [0, 0.05) is 6.04 Å². The molecule has 1 N–H and O–H groups in total. The van der Waals surface area contributed by atoms with Gasteiger partial charge in [0.25, 0.3) is 0 Å². The van der Waals surface area contributed by atoms with Crippen LogP contribution in [-0.4, -0.2) is 18.9 Å². The van der Waals surface area contributed by atoms with Crippen LogP contribution in [0.15, 0.2) is 18.2 Å². The molecule has 1 rings (SSSR count). The zero-order valence-corrected chi connectivity index (χ0v) is 11.6. The highest BCUT2D eigenvalue weighted by Gasteiger charge is 2.40. The van der Waals surface area contributed by atoms with Crippen molar-refractivity contribution in [3.63, 3.8) is 0 Å². The molecule has 0 aliphatic rings. The minimum Gasteiger partial charge on any atom is -0.304 e. The quantitative estimate of drug-likeness (QED) is 0.733. The molecule has 0 radical (unpaired) electrons. The molecule has 0 aliphatic heterocycles. The van der Waals surface area contributed by atoms with Crippen molar-refractivity contribution >= 4 is 23.2 Å². The van der Waals surface area contributed by atoms with Gasteiger partial charge in [0.05, 0.1) is 16.6 Å². The molecule has 0 amide bonds. The molecular formula is C12H13Cl2F4N. The molecule has 19 heavy (non-hydrogen) atoms. The summed E-state index contributed by atoms with van der Waals surface area (Å²) in [5.74, 6) is -4.05. The molecule has 7 heteroatoms. The van der Waals surface area contributed by atoms with Crippen LogP contribution in [0, 0.1) is 0 Å². The molecular weight excluding hydrogens is 305 g/mol. The molecule has 108 valence electrons. The maximum Gasteiger partial charge on any atom is 0.319 e. The Morgan fingerprint density at radius 3 is 2.32 bits per heavy atom. The van der Waals surface area contributed by atoms with Gasteiger partial charge in [-0.3, -0.25) is 0 Å². The van der Waals surface area contributed by atoms with Gasteiger partial charge in [0.15, 0.2) is 0 Å². The van der Waals surface area contributed by atoms with Gasteiger partial charge in [-0.1, -0.05) is 36.2 Å². The molecule has 0 bridgehead atoms. The molecule has 0 heterocycles. The predicted octanol–water partition coefficient (Wildman–Crippen LogP) is 4.93. The predicted molar refractivity (Wildman–Crippen MR) is 68.4 cm³/mol. The largest absolute Gasteiger partial charge is 0.319 e. The lowest BCUT2D eigenvalue weighted by molar-refractivity contribution is -0.126. The Labute approximate surface area is 118 Å². The summed E-state index contributed by atoms with van der Waals surface area (Å²) in [5, 5.41) is 3.06. The molecule has 1 atom stereocenters. The first-order chi connectivity index (χ1) is 8.77. The summed E-state index contributed by atoms with van der Waals surface area (Å²) < 4.78 is 49.8. The highest BCUT2D eigenvalue weighted by atomic mass is 35.5. The second kappa shape index (κ2) is 6.77. The standard InChI is InChI=1S/C12H13Cl2F4N/c1-2-10(19-6-12(17,18)11(15)16)7-3-4-8(13)9(14)5-7/h3-5,10-11,19H,2,6H2,1H3. The third-order valence-electron chi connectivity index (χ3n) is 2.66. The molecule has 0 aliphatic carbocycles. The first kappa shape index (κ1) is 16.5. The normalized spacial score (nSPS) is 13.9. The SMILES string of the molecule is CCC(NCC(F)(F)C(F)F)c1ccc(Cl)c(Cl)c1. The smallest absolute Gasteiger partial charge is 0.304 e. The third-order valence-corrected chi connectivity index (χ3v) is 3.40. The van der Waals surface area contributed by atoms with Crippen molar-refractivity contribution in [2.45, 2.75) is 31.7 Å². The van der Waals surface area contributed by atoms with E-state index in [-0.39, 0.29) is 0 Å². The van der Waals surface area contributed by atoms with Crippen molar-refractivity contribution < 1.29 is 17.6 Å². The Bertz CT molecular complexity index is 426. The summed E-state index contributed by atoms with van der Waals surface area (Å²) in [7, 11) is 0. The van der Waals surface area contributed by atoms with Crippen LogP contribution in [0.2, 0.25) is 10.0 Å². The van der Waals surface area contributed by atoms with Crippen LogP contribution in [-0.2, 0) is 0 Å². The van der Waals surface area contributed by atoms with Crippen LogP contribution in [0.25, 0.3) is 0 Å². The fourth-order valence-electron chi connectivity index (χ4n) is 1.56. The summed E-state index contributed by atoms with van der Waals surface area (Å²) in [6.07, 6.45) is -3.23. The van der Waals surface area contributed by atoms with Crippen LogP contribution in [0.1, 0.15) is 24.9 Å². The number of hydrogen-bond acceptors (Lipinski definition) is 1. The van der Waals surface area contributed by atoms with E-state index in [0.717, 1.165) is 0 Å². The molecule has 1 aromatic carbocycles. The first-order valence-electron chi connectivity index (χ1n) is 5.62. The maximum atomic E-state index is 12.8. The molecule has 1 nitrogen and oxygen atoms in total. The molecule has 1 aromatic rings. The maximum absolute atomic E-state index is 12.8. The van der Waals surface area contributed by atoms with E-state index in [1.165, 1.54) is 12.1 Å². The second-order valence-corrected chi connectivity index (χ2v) is 4.89. The van der Waals surface area contributed by atoms with E-state index in [1.807, 2.05) is 0 Å². The van der Waals surface area contributed by atoms with E-state index < -0.39 is 24.9 Å². The third kappa shape index (κ3) is 4.51. The summed E-state index contributed by atoms with van der Waals surface area (Å²) in [4.78, 5) is 0. The monoisotopic (exact) mass is 317 g/mol.